The van der Waals surface area contributed by atoms with Crippen molar-refractivity contribution in [2.45, 2.75) is 38.1 Å². The molecule has 0 radical (unpaired) electrons. The Hall–Kier alpha value is -0.860. The van der Waals surface area contributed by atoms with Crippen LogP contribution in [-0.4, -0.2) is 31.1 Å². The zero-order valence-corrected chi connectivity index (χ0v) is 13.0. The standard InChI is InChI=1S/C19H28N2/c1-2-5-16(6-3-1)19-14-21(10-4-9-20-19)13-18-12-15-7-8-17(18)11-15/h1-3,5-6,15,17-20H,4,7-14H2. The van der Waals surface area contributed by atoms with E-state index in [1.807, 2.05) is 0 Å². The number of fused-ring (bicyclic) bond motifs is 2. The molecule has 1 aromatic rings. The Kier molecular flexibility index (Phi) is 4.00. The van der Waals surface area contributed by atoms with Crippen molar-refractivity contribution in [3.8, 4) is 0 Å². The van der Waals surface area contributed by atoms with Crippen molar-refractivity contribution in [2.75, 3.05) is 26.2 Å². The lowest BCUT2D eigenvalue weighted by Gasteiger charge is -2.30. The number of hydrogen-bond donors (Lipinski definition) is 1. The van der Waals surface area contributed by atoms with Crippen molar-refractivity contribution in [1.82, 2.24) is 10.2 Å². The summed E-state index contributed by atoms with van der Waals surface area (Å²) in [5.74, 6) is 3.13. The van der Waals surface area contributed by atoms with Gasteiger partial charge in [-0.05, 0) is 62.1 Å². The molecular weight excluding hydrogens is 256 g/mol. The van der Waals surface area contributed by atoms with Gasteiger partial charge < -0.3 is 10.2 Å². The van der Waals surface area contributed by atoms with E-state index < -0.39 is 0 Å². The number of nitrogens with zero attached hydrogens (tertiary/aromatic N) is 1. The van der Waals surface area contributed by atoms with Crippen LogP contribution in [0.4, 0.5) is 0 Å². The van der Waals surface area contributed by atoms with Crippen molar-refractivity contribution >= 4 is 0 Å². The highest BCUT2D eigenvalue weighted by Crippen LogP contribution is 2.48. The first-order chi connectivity index (χ1) is 10.4. The average molecular weight is 284 g/mol. The van der Waals surface area contributed by atoms with Crippen LogP contribution in [0.1, 0.15) is 43.7 Å². The van der Waals surface area contributed by atoms with Gasteiger partial charge in [-0.2, -0.15) is 0 Å². The van der Waals surface area contributed by atoms with Crippen LogP contribution in [0.25, 0.3) is 0 Å². The maximum absolute atomic E-state index is 3.75. The third-order valence-corrected chi connectivity index (χ3v) is 6.06. The van der Waals surface area contributed by atoms with E-state index in [9.17, 15) is 0 Å². The van der Waals surface area contributed by atoms with Gasteiger partial charge in [-0.15, -0.1) is 0 Å². The molecule has 3 aliphatic rings. The maximum Gasteiger partial charge on any atom is 0.0449 e. The minimum atomic E-state index is 0.521. The van der Waals surface area contributed by atoms with E-state index in [1.165, 1.54) is 50.9 Å². The molecule has 2 heteroatoms. The van der Waals surface area contributed by atoms with Crippen LogP contribution in [0.3, 0.4) is 0 Å². The first-order valence-electron chi connectivity index (χ1n) is 8.89. The molecule has 1 heterocycles. The molecule has 3 fully saturated rings. The zero-order chi connectivity index (χ0) is 14.1. The van der Waals surface area contributed by atoms with E-state index in [-0.39, 0.29) is 0 Å². The second kappa shape index (κ2) is 6.10. The predicted octanol–water partition coefficient (Wildman–Crippen LogP) is 3.46. The largest absolute Gasteiger partial charge is 0.309 e. The van der Waals surface area contributed by atoms with E-state index in [0.717, 1.165) is 24.3 Å². The van der Waals surface area contributed by atoms with Gasteiger partial charge in [0.2, 0.25) is 0 Å². The van der Waals surface area contributed by atoms with Gasteiger partial charge in [0.05, 0.1) is 0 Å². The maximum atomic E-state index is 3.75. The lowest BCUT2D eigenvalue weighted by Crippen LogP contribution is -2.36. The molecule has 4 unspecified atom stereocenters. The molecule has 2 nitrogen and oxygen atoms in total. The van der Waals surface area contributed by atoms with Gasteiger partial charge in [0.1, 0.15) is 0 Å². The normalized spacial score (nSPS) is 36.8. The fourth-order valence-corrected chi connectivity index (χ4v) is 5.00. The van der Waals surface area contributed by atoms with Crippen LogP contribution in [0.2, 0.25) is 0 Å². The number of nitrogens with one attached hydrogen (secondary N) is 1. The van der Waals surface area contributed by atoms with Crippen molar-refractivity contribution in [2.24, 2.45) is 17.8 Å². The molecule has 1 aliphatic heterocycles. The van der Waals surface area contributed by atoms with E-state index >= 15 is 0 Å². The third kappa shape index (κ3) is 3.02. The summed E-state index contributed by atoms with van der Waals surface area (Å²) < 4.78 is 0. The van der Waals surface area contributed by atoms with E-state index in [1.54, 1.807) is 6.42 Å². The van der Waals surface area contributed by atoms with Crippen LogP contribution >= 0.6 is 0 Å². The fraction of sp³-hybridized carbons (Fsp3) is 0.684. The Morgan fingerprint density at radius 3 is 2.76 bits per heavy atom. The summed E-state index contributed by atoms with van der Waals surface area (Å²) in [7, 11) is 0. The fourth-order valence-electron chi connectivity index (χ4n) is 5.00. The van der Waals surface area contributed by atoms with Crippen molar-refractivity contribution in [3.05, 3.63) is 35.9 Å². The molecule has 21 heavy (non-hydrogen) atoms. The minimum absolute atomic E-state index is 0.521. The lowest BCUT2D eigenvalue weighted by atomic mass is 9.88. The summed E-state index contributed by atoms with van der Waals surface area (Å²) >= 11 is 0. The summed E-state index contributed by atoms with van der Waals surface area (Å²) in [6.45, 7) is 4.99. The Morgan fingerprint density at radius 2 is 2.00 bits per heavy atom. The van der Waals surface area contributed by atoms with Crippen molar-refractivity contribution in [1.29, 1.82) is 0 Å². The molecule has 1 N–H and O–H groups in total. The second-order valence-electron chi connectivity index (χ2n) is 7.47. The molecule has 4 atom stereocenters. The van der Waals surface area contributed by atoms with E-state index in [4.69, 9.17) is 0 Å². The van der Waals surface area contributed by atoms with Crippen molar-refractivity contribution < 1.29 is 0 Å². The van der Waals surface area contributed by atoms with Crippen LogP contribution in [-0.2, 0) is 0 Å². The molecule has 2 bridgehead atoms. The van der Waals surface area contributed by atoms with E-state index in [2.05, 4.69) is 40.5 Å². The number of hydrogen-bond acceptors (Lipinski definition) is 2. The summed E-state index contributed by atoms with van der Waals surface area (Å²) in [6.07, 6.45) is 7.40. The van der Waals surface area contributed by atoms with Gasteiger partial charge in [-0.25, -0.2) is 0 Å². The molecular formula is C19H28N2. The smallest absolute Gasteiger partial charge is 0.0449 e. The van der Waals surface area contributed by atoms with Gasteiger partial charge in [-0.3, -0.25) is 0 Å². The molecule has 1 aromatic carbocycles. The van der Waals surface area contributed by atoms with Gasteiger partial charge >= 0.3 is 0 Å². The SMILES string of the molecule is c1ccc(C2CN(CC3CC4CCC3C4)CCCN2)cc1. The van der Waals surface area contributed by atoms with Gasteiger partial charge in [0.15, 0.2) is 0 Å². The summed E-state index contributed by atoms with van der Waals surface area (Å²) in [5.41, 5.74) is 1.46. The summed E-state index contributed by atoms with van der Waals surface area (Å²) in [6, 6.07) is 11.5. The van der Waals surface area contributed by atoms with Gasteiger partial charge in [0.25, 0.3) is 0 Å². The van der Waals surface area contributed by atoms with Gasteiger partial charge in [0, 0.05) is 19.1 Å². The lowest BCUT2D eigenvalue weighted by molar-refractivity contribution is 0.187. The number of rotatable bonds is 3. The minimum Gasteiger partial charge on any atom is -0.309 e. The Balaban J connectivity index is 1.40. The molecule has 114 valence electrons. The van der Waals surface area contributed by atoms with Crippen LogP contribution < -0.4 is 5.32 Å². The first-order valence-corrected chi connectivity index (χ1v) is 8.89. The quantitative estimate of drug-likeness (QED) is 0.914. The first kappa shape index (κ1) is 13.8. The Labute approximate surface area is 128 Å². The summed E-state index contributed by atoms with van der Waals surface area (Å²) in [5, 5.41) is 3.75. The summed E-state index contributed by atoms with van der Waals surface area (Å²) in [4.78, 5) is 2.75. The third-order valence-electron chi connectivity index (χ3n) is 6.06. The highest BCUT2D eigenvalue weighted by molar-refractivity contribution is 5.19. The van der Waals surface area contributed by atoms with Crippen LogP contribution in [0.15, 0.2) is 30.3 Å². The molecule has 0 aromatic heterocycles. The van der Waals surface area contributed by atoms with Crippen LogP contribution in [0.5, 0.6) is 0 Å². The second-order valence-corrected chi connectivity index (χ2v) is 7.47. The topological polar surface area (TPSA) is 15.3 Å². The van der Waals surface area contributed by atoms with Crippen LogP contribution in [0, 0.1) is 17.8 Å². The average Bonchev–Trinajstić information content (AvgIpc) is 3.06. The molecule has 4 rings (SSSR count). The molecule has 2 saturated carbocycles. The monoisotopic (exact) mass is 284 g/mol. The van der Waals surface area contributed by atoms with Gasteiger partial charge in [-0.1, -0.05) is 36.8 Å². The Bertz CT molecular complexity index is 458. The molecule has 2 aliphatic carbocycles. The van der Waals surface area contributed by atoms with E-state index in [0.29, 0.717) is 6.04 Å². The highest BCUT2D eigenvalue weighted by atomic mass is 15.2. The number of benzene rings is 1. The predicted molar refractivity (Wildman–Crippen MR) is 87.2 cm³/mol. The Morgan fingerprint density at radius 1 is 1.10 bits per heavy atom. The highest BCUT2D eigenvalue weighted by Gasteiger charge is 2.40. The van der Waals surface area contributed by atoms with Crippen molar-refractivity contribution in [3.63, 3.8) is 0 Å². The molecule has 0 amide bonds. The molecule has 1 saturated heterocycles. The molecule has 0 spiro atoms. The zero-order valence-electron chi connectivity index (χ0n) is 13.0.